The van der Waals surface area contributed by atoms with Gasteiger partial charge in [0.1, 0.15) is 11.6 Å². The quantitative estimate of drug-likeness (QED) is 0.845. The molecule has 1 aromatic carbocycles. The van der Waals surface area contributed by atoms with Gasteiger partial charge < -0.3 is 14.7 Å². The first-order valence-corrected chi connectivity index (χ1v) is 6.24. The molecule has 6 heteroatoms. The Labute approximate surface area is 113 Å². The molecule has 0 bridgehead atoms. The molecule has 0 aliphatic heterocycles. The molecule has 1 rings (SSSR count). The number of aromatic hydroxyl groups is 1. The van der Waals surface area contributed by atoms with E-state index in [1.165, 1.54) is 4.90 Å². The number of phenols is 1. The van der Waals surface area contributed by atoms with Crippen LogP contribution in [-0.2, 0) is 4.74 Å². The molecule has 0 fully saturated rings. The smallest absolute Gasteiger partial charge is 0.257 e. The van der Waals surface area contributed by atoms with Gasteiger partial charge in [-0.1, -0.05) is 15.9 Å². The van der Waals surface area contributed by atoms with Crippen LogP contribution in [0.25, 0.3) is 0 Å². The van der Waals surface area contributed by atoms with Crippen LogP contribution < -0.4 is 0 Å². The number of halogens is 2. The minimum Gasteiger partial charge on any atom is -0.507 e. The van der Waals surface area contributed by atoms with E-state index in [0.29, 0.717) is 13.2 Å². The number of methoxy groups -OCH3 is 1. The molecule has 4 nitrogen and oxygen atoms in total. The monoisotopic (exact) mass is 319 g/mol. The van der Waals surface area contributed by atoms with Gasteiger partial charge >= 0.3 is 0 Å². The highest BCUT2D eigenvalue weighted by Crippen LogP contribution is 2.19. The van der Waals surface area contributed by atoms with Crippen molar-refractivity contribution in [2.75, 3.05) is 27.3 Å². The predicted molar refractivity (Wildman–Crippen MR) is 69.6 cm³/mol. The fourth-order valence-electron chi connectivity index (χ4n) is 1.50. The van der Waals surface area contributed by atoms with E-state index in [2.05, 4.69) is 15.9 Å². The molecule has 18 heavy (non-hydrogen) atoms. The van der Waals surface area contributed by atoms with Crippen molar-refractivity contribution in [1.29, 1.82) is 0 Å². The summed E-state index contributed by atoms with van der Waals surface area (Å²) in [6.07, 6.45) is 0. The summed E-state index contributed by atoms with van der Waals surface area (Å²) >= 11 is 3.36. The molecule has 0 radical (unpaired) electrons. The summed E-state index contributed by atoms with van der Waals surface area (Å²) in [7, 11) is 3.14. The number of ether oxygens (including phenoxy) is 1. The summed E-state index contributed by atoms with van der Waals surface area (Å²) in [6, 6.07) is 3.29. The molecular formula is C12H15BrFNO3. The number of rotatable bonds is 5. The van der Waals surface area contributed by atoms with E-state index < -0.39 is 11.7 Å². The van der Waals surface area contributed by atoms with Crippen molar-refractivity contribution in [2.24, 2.45) is 0 Å². The Kier molecular flexibility index (Phi) is 5.55. The Morgan fingerprint density at radius 2 is 2.28 bits per heavy atom. The van der Waals surface area contributed by atoms with Gasteiger partial charge in [0.05, 0.1) is 17.0 Å². The maximum absolute atomic E-state index is 13.0. The van der Waals surface area contributed by atoms with E-state index in [4.69, 9.17) is 4.74 Å². The van der Waals surface area contributed by atoms with E-state index in [1.54, 1.807) is 14.2 Å². The highest BCUT2D eigenvalue weighted by Gasteiger charge is 2.18. The van der Waals surface area contributed by atoms with Gasteiger partial charge in [0.25, 0.3) is 5.91 Å². The van der Waals surface area contributed by atoms with E-state index in [-0.39, 0.29) is 16.1 Å². The highest BCUT2D eigenvalue weighted by atomic mass is 79.9. The SMILES string of the molecule is COCC(Br)CN(C)C(=O)c1cc(F)ccc1O. The van der Waals surface area contributed by atoms with Gasteiger partial charge in [0.15, 0.2) is 0 Å². The van der Waals surface area contributed by atoms with Crippen LogP contribution in [0.3, 0.4) is 0 Å². The standard InChI is InChI=1S/C12H15BrFNO3/c1-15(6-8(13)7-18-2)12(17)10-5-9(14)3-4-11(10)16/h3-5,8,16H,6-7H2,1-2H3. The average molecular weight is 320 g/mol. The zero-order valence-corrected chi connectivity index (χ0v) is 11.8. The van der Waals surface area contributed by atoms with Crippen molar-refractivity contribution in [3.05, 3.63) is 29.6 Å². The molecule has 0 aromatic heterocycles. The minimum atomic E-state index is -0.558. The van der Waals surface area contributed by atoms with Crippen molar-refractivity contribution < 1.29 is 19.0 Å². The number of carbonyl (C=O) groups is 1. The van der Waals surface area contributed by atoms with Gasteiger partial charge in [0, 0.05) is 20.7 Å². The molecule has 100 valence electrons. The van der Waals surface area contributed by atoms with Gasteiger partial charge in [-0.2, -0.15) is 0 Å². The van der Waals surface area contributed by atoms with Gasteiger partial charge in [0.2, 0.25) is 0 Å². The third-order valence-electron chi connectivity index (χ3n) is 2.36. The van der Waals surface area contributed by atoms with Crippen molar-refractivity contribution in [2.45, 2.75) is 4.83 Å². The fraction of sp³-hybridized carbons (Fsp3) is 0.417. The van der Waals surface area contributed by atoms with Crippen LogP contribution in [0.15, 0.2) is 18.2 Å². The fourth-order valence-corrected chi connectivity index (χ4v) is 2.20. The lowest BCUT2D eigenvalue weighted by Gasteiger charge is -2.20. The number of hydrogen-bond donors (Lipinski definition) is 1. The largest absolute Gasteiger partial charge is 0.507 e. The number of carbonyl (C=O) groups excluding carboxylic acids is 1. The van der Waals surface area contributed by atoms with Crippen LogP contribution in [0.5, 0.6) is 5.75 Å². The third kappa shape index (κ3) is 3.96. The molecule has 0 spiro atoms. The van der Waals surface area contributed by atoms with Crippen molar-refractivity contribution in [3.63, 3.8) is 0 Å². The van der Waals surface area contributed by atoms with Gasteiger partial charge in [-0.15, -0.1) is 0 Å². The Morgan fingerprint density at radius 1 is 1.61 bits per heavy atom. The van der Waals surface area contributed by atoms with Crippen LogP contribution in [-0.4, -0.2) is 48.0 Å². The summed E-state index contributed by atoms with van der Waals surface area (Å²) < 4.78 is 18.0. The maximum Gasteiger partial charge on any atom is 0.257 e. The first-order valence-electron chi connectivity index (χ1n) is 5.32. The summed E-state index contributed by atoms with van der Waals surface area (Å²) in [5.74, 6) is -1.23. The Bertz CT molecular complexity index is 428. The number of nitrogens with zero attached hydrogens (tertiary/aromatic N) is 1. The van der Waals surface area contributed by atoms with Gasteiger partial charge in [-0.3, -0.25) is 4.79 Å². The van der Waals surface area contributed by atoms with E-state index in [0.717, 1.165) is 18.2 Å². The van der Waals surface area contributed by atoms with Gasteiger partial charge in [-0.25, -0.2) is 4.39 Å². The summed E-state index contributed by atoms with van der Waals surface area (Å²) in [5.41, 5.74) is -0.0467. The molecule has 0 saturated heterocycles. The zero-order valence-electron chi connectivity index (χ0n) is 10.2. The maximum atomic E-state index is 13.0. The van der Waals surface area contributed by atoms with Crippen LogP contribution >= 0.6 is 15.9 Å². The lowest BCUT2D eigenvalue weighted by Crippen LogP contribution is -2.33. The molecule has 1 unspecified atom stereocenters. The molecule has 0 aliphatic rings. The topological polar surface area (TPSA) is 49.8 Å². The Balaban J connectivity index is 2.77. The minimum absolute atomic E-state index is 0.0212. The molecule has 1 N–H and O–H groups in total. The van der Waals surface area contributed by atoms with E-state index in [9.17, 15) is 14.3 Å². The number of benzene rings is 1. The van der Waals surface area contributed by atoms with Gasteiger partial charge in [-0.05, 0) is 18.2 Å². The third-order valence-corrected chi connectivity index (χ3v) is 2.91. The average Bonchev–Trinajstić information content (AvgIpc) is 2.31. The van der Waals surface area contributed by atoms with Crippen molar-refractivity contribution >= 4 is 21.8 Å². The second kappa shape index (κ2) is 6.70. The zero-order chi connectivity index (χ0) is 13.7. The number of amides is 1. The van der Waals surface area contributed by atoms with Crippen LogP contribution in [0.1, 0.15) is 10.4 Å². The van der Waals surface area contributed by atoms with Crippen molar-refractivity contribution in [3.8, 4) is 5.75 Å². The normalized spacial score (nSPS) is 12.2. The Hall–Kier alpha value is -1.14. The van der Waals surface area contributed by atoms with Crippen LogP contribution in [0.2, 0.25) is 0 Å². The predicted octanol–water partition coefficient (Wildman–Crippen LogP) is 2.01. The van der Waals surface area contributed by atoms with Crippen molar-refractivity contribution in [1.82, 2.24) is 4.90 Å². The summed E-state index contributed by atoms with van der Waals surface area (Å²) in [4.78, 5) is 13.4. The summed E-state index contributed by atoms with van der Waals surface area (Å²) in [6.45, 7) is 0.843. The first kappa shape index (κ1) is 14.9. The molecule has 0 aliphatic carbocycles. The van der Waals surface area contributed by atoms with Crippen LogP contribution in [0.4, 0.5) is 4.39 Å². The second-order valence-corrected chi connectivity index (χ2v) is 5.19. The lowest BCUT2D eigenvalue weighted by molar-refractivity contribution is 0.0780. The summed E-state index contributed by atoms with van der Waals surface area (Å²) in [5, 5.41) is 9.54. The molecule has 1 atom stereocenters. The number of phenolic OH excluding ortho intramolecular Hbond substituents is 1. The molecule has 1 aromatic rings. The molecule has 1 amide bonds. The van der Waals surface area contributed by atoms with E-state index >= 15 is 0 Å². The molecule has 0 saturated carbocycles. The Morgan fingerprint density at radius 3 is 2.89 bits per heavy atom. The van der Waals surface area contributed by atoms with Crippen LogP contribution in [0, 0.1) is 5.82 Å². The molecule has 0 heterocycles. The van der Waals surface area contributed by atoms with E-state index in [1.807, 2.05) is 0 Å². The highest BCUT2D eigenvalue weighted by molar-refractivity contribution is 9.09. The number of hydrogen-bond acceptors (Lipinski definition) is 3. The molecular weight excluding hydrogens is 305 g/mol. The number of alkyl halides is 1. The second-order valence-electron chi connectivity index (χ2n) is 3.90. The lowest BCUT2D eigenvalue weighted by atomic mass is 10.1. The first-order chi connectivity index (χ1) is 8.45.